The van der Waals surface area contributed by atoms with Gasteiger partial charge in [-0.05, 0) is 65.5 Å². The van der Waals surface area contributed by atoms with Crippen LogP contribution in [0.25, 0.3) is 27.8 Å². The summed E-state index contributed by atoms with van der Waals surface area (Å²) in [6.45, 7) is 4.04. The van der Waals surface area contributed by atoms with Crippen LogP contribution in [0.15, 0.2) is 60.7 Å². The van der Waals surface area contributed by atoms with E-state index in [4.69, 9.17) is 0 Å². The van der Waals surface area contributed by atoms with Crippen molar-refractivity contribution < 1.29 is 13.2 Å². The highest BCUT2D eigenvalue weighted by molar-refractivity contribution is 5.74. The molecule has 1 unspecified atom stereocenters. The smallest absolute Gasteiger partial charge is 0.166 e. The van der Waals surface area contributed by atoms with Crippen molar-refractivity contribution in [2.75, 3.05) is 0 Å². The number of allylic oxidation sites excluding steroid dienone is 2. The van der Waals surface area contributed by atoms with Gasteiger partial charge in [0.2, 0.25) is 0 Å². The number of benzene rings is 3. The first kappa shape index (κ1) is 26.3. The van der Waals surface area contributed by atoms with Gasteiger partial charge in [-0.15, -0.1) is 0 Å². The summed E-state index contributed by atoms with van der Waals surface area (Å²) in [5.74, 6) is -1.13. The molecule has 0 saturated carbocycles. The van der Waals surface area contributed by atoms with Crippen LogP contribution in [-0.4, -0.2) is 0 Å². The van der Waals surface area contributed by atoms with E-state index >= 15 is 4.39 Å². The third-order valence-corrected chi connectivity index (χ3v) is 7.63. The van der Waals surface area contributed by atoms with Gasteiger partial charge in [0.05, 0.1) is 0 Å². The van der Waals surface area contributed by atoms with Crippen LogP contribution in [0.4, 0.5) is 13.2 Å². The summed E-state index contributed by atoms with van der Waals surface area (Å²) in [4.78, 5) is 0. The molecule has 1 aliphatic rings. The topological polar surface area (TPSA) is 0 Å². The predicted octanol–water partition coefficient (Wildman–Crippen LogP) is 10.5. The van der Waals surface area contributed by atoms with Crippen LogP contribution in [0, 0.1) is 23.4 Å². The van der Waals surface area contributed by atoms with Crippen molar-refractivity contribution >= 4 is 5.57 Å². The molecule has 0 radical (unpaired) electrons. The molecule has 190 valence electrons. The van der Waals surface area contributed by atoms with Crippen LogP contribution in [0.5, 0.6) is 0 Å². The number of hydrogen-bond donors (Lipinski definition) is 0. The Hall–Kier alpha value is -2.81. The van der Waals surface area contributed by atoms with Gasteiger partial charge in [-0.3, -0.25) is 0 Å². The van der Waals surface area contributed by atoms with Crippen LogP contribution in [0.3, 0.4) is 0 Å². The second kappa shape index (κ2) is 12.4. The molecule has 3 aromatic rings. The zero-order valence-corrected chi connectivity index (χ0v) is 21.6. The van der Waals surface area contributed by atoms with Crippen molar-refractivity contribution in [2.45, 2.75) is 78.1 Å². The SMILES string of the molecule is CCCCCCCC1CC=C(c2ccc(-c3ccc(-c4ccc(CC)c(F)c4F)cc3)c(F)c2)CC1. The fourth-order valence-corrected chi connectivity index (χ4v) is 5.31. The van der Waals surface area contributed by atoms with Crippen molar-refractivity contribution in [3.63, 3.8) is 0 Å². The number of unbranched alkanes of at least 4 members (excludes halogenated alkanes) is 4. The Morgan fingerprint density at radius 3 is 2.03 bits per heavy atom. The van der Waals surface area contributed by atoms with Crippen LogP contribution >= 0.6 is 0 Å². The maximum Gasteiger partial charge on any atom is 0.166 e. The van der Waals surface area contributed by atoms with Crippen LogP contribution in [0.1, 0.15) is 82.8 Å². The van der Waals surface area contributed by atoms with Gasteiger partial charge in [-0.1, -0.05) is 107 Å². The summed E-state index contributed by atoms with van der Waals surface area (Å²) in [5.41, 5.74) is 4.59. The predicted molar refractivity (Wildman–Crippen MR) is 145 cm³/mol. The molecule has 0 aromatic heterocycles. The number of rotatable bonds is 10. The number of aryl methyl sites for hydroxylation is 1. The lowest BCUT2D eigenvalue weighted by atomic mass is 9.83. The van der Waals surface area contributed by atoms with Crippen molar-refractivity contribution in [3.05, 3.63) is 89.3 Å². The highest BCUT2D eigenvalue weighted by Gasteiger charge is 2.17. The summed E-state index contributed by atoms with van der Waals surface area (Å²) in [6.07, 6.45) is 14.0. The molecule has 0 spiro atoms. The zero-order chi connectivity index (χ0) is 25.5. The summed E-state index contributed by atoms with van der Waals surface area (Å²) >= 11 is 0. The van der Waals surface area contributed by atoms with E-state index in [0.29, 0.717) is 23.1 Å². The molecule has 1 atom stereocenters. The van der Waals surface area contributed by atoms with Gasteiger partial charge in [-0.2, -0.15) is 0 Å². The summed E-state index contributed by atoms with van der Waals surface area (Å²) in [5, 5.41) is 0. The van der Waals surface area contributed by atoms with E-state index in [0.717, 1.165) is 29.9 Å². The first-order valence-electron chi connectivity index (χ1n) is 13.6. The molecule has 1 aliphatic carbocycles. The maximum absolute atomic E-state index is 15.1. The Balaban J connectivity index is 1.42. The lowest BCUT2D eigenvalue weighted by Crippen LogP contribution is -2.05. The zero-order valence-electron chi connectivity index (χ0n) is 21.6. The molecule has 0 heterocycles. The van der Waals surface area contributed by atoms with Crippen molar-refractivity contribution in [3.8, 4) is 22.3 Å². The molecule has 0 aliphatic heterocycles. The van der Waals surface area contributed by atoms with E-state index in [1.54, 1.807) is 49.4 Å². The molecule has 0 bridgehead atoms. The van der Waals surface area contributed by atoms with E-state index in [-0.39, 0.29) is 11.4 Å². The molecule has 3 heteroatoms. The second-order valence-electron chi connectivity index (χ2n) is 10.1. The van der Waals surface area contributed by atoms with E-state index in [9.17, 15) is 8.78 Å². The average Bonchev–Trinajstić information content (AvgIpc) is 2.91. The van der Waals surface area contributed by atoms with E-state index in [2.05, 4.69) is 13.0 Å². The first-order chi connectivity index (χ1) is 17.5. The fraction of sp³-hybridized carbons (Fsp3) is 0.394. The van der Waals surface area contributed by atoms with Gasteiger partial charge in [0.15, 0.2) is 11.6 Å². The molecule has 0 nitrogen and oxygen atoms in total. The van der Waals surface area contributed by atoms with Crippen molar-refractivity contribution in [1.82, 2.24) is 0 Å². The highest BCUT2D eigenvalue weighted by atomic mass is 19.2. The van der Waals surface area contributed by atoms with Gasteiger partial charge >= 0.3 is 0 Å². The van der Waals surface area contributed by atoms with Gasteiger partial charge in [0, 0.05) is 11.1 Å². The number of halogens is 3. The molecule has 0 amide bonds. The Kier molecular flexibility index (Phi) is 9.07. The van der Waals surface area contributed by atoms with Crippen LogP contribution in [0.2, 0.25) is 0 Å². The third kappa shape index (κ3) is 6.11. The minimum atomic E-state index is -0.836. The fourth-order valence-electron chi connectivity index (χ4n) is 5.31. The van der Waals surface area contributed by atoms with Gasteiger partial charge < -0.3 is 0 Å². The molecule has 3 aromatic carbocycles. The van der Waals surface area contributed by atoms with Gasteiger partial charge in [-0.25, -0.2) is 13.2 Å². The minimum absolute atomic E-state index is 0.218. The molecule has 0 fully saturated rings. The van der Waals surface area contributed by atoms with E-state index in [1.807, 2.05) is 12.1 Å². The maximum atomic E-state index is 15.1. The van der Waals surface area contributed by atoms with Crippen molar-refractivity contribution in [1.29, 1.82) is 0 Å². The van der Waals surface area contributed by atoms with Crippen LogP contribution < -0.4 is 0 Å². The lowest BCUT2D eigenvalue weighted by Gasteiger charge is -2.22. The Morgan fingerprint density at radius 1 is 0.722 bits per heavy atom. The summed E-state index contributed by atoms with van der Waals surface area (Å²) < 4.78 is 43.9. The van der Waals surface area contributed by atoms with Gasteiger partial charge in [0.1, 0.15) is 5.82 Å². The third-order valence-electron chi connectivity index (χ3n) is 7.63. The molecular formula is C33H37F3. The Labute approximate surface area is 214 Å². The summed E-state index contributed by atoms with van der Waals surface area (Å²) in [7, 11) is 0. The van der Waals surface area contributed by atoms with E-state index in [1.165, 1.54) is 50.5 Å². The van der Waals surface area contributed by atoms with Gasteiger partial charge in [0.25, 0.3) is 0 Å². The molecule has 36 heavy (non-hydrogen) atoms. The van der Waals surface area contributed by atoms with Crippen LogP contribution in [-0.2, 0) is 6.42 Å². The molecular weight excluding hydrogens is 453 g/mol. The molecule has 4 rings (SSSR count). The lowest BCUT2D eigenvalue weighted by molar-refractivity contribution is 0.423. The Morgan fingerprint density at radius 2 is 1.39 bits per heavy atom. The minimum Gasteiger partial charge on any atom is -0.206 e. The quantitative estimate of drug-likeness (QED) is 0.248. The monoisotopic (exact) mass is 490 g/mol. The Bertz CT molecular complexity index is 1190. The van der Waals surface area contributed by atoms with Crippen molar-refractivity contribution in [2.24, 2.45) is 5.92 Å². The standard InChI is InChI=1S/C33H37F3/c1-3-5-6-7-8-9-23-10-12-25(13-11-23)28-19-20-29(31(34)22-28)26-14-16-27(17-15-26)30-21-18-24(4-2)32(35)33(30)36/h12,14-23H,3-11,13H2,1-2H3. The molecule has 0 N–H and O–H groups in total. The first-order valence-corrected chi connectivity index (χ1v) is 13.6. The second-order valence-corrected chi connectivity index (χ2v) is 10.1. The summed E-state index contributed by atoms with van der Waals surface area (Å²) in [6, 6.07) is 15.7. The highest BCUT2D eigenvalue weighted by Crippen LogP contribution is 2.35. The average molecular weight is 491 g/mol. The van der Waals surface area contributed by atoms with E-state index < -0.39 is 11.6 Å². The molecule has 0 saturated heterocycles. The number of hydrogen-bond acceptors (Lipinski definition) is 0. The normalized spacial score (nSPS) is 15.7. The largest absolute Gasteiger partial charge is 0.206 e.